The lowest BCUT2D eigenvalue weighted by Gasteiger charge is -2.16. The van der Waals surface area contributed by atoms with Gasteiger partial charge in [0.25, 0.3) is 0 Å². The molecule has 0 fully saturated rings. The maximum atomic E-state index is 3.38. The first-order chi connectivity index (χ1) is 8.29. The van der Waals surface area contributed by atoms with Gasteiger partial charge in [0.05, 0.1) is 4.21 Å². The molecule has 0 aliphatic carbocycles. The second kappa shape index (κ2) is 6.24. The Labute approximate surface area is 111 Å². The van der Waals surface area contributed by atoms with E-state index in [0.717, 1.165) is 5.75 Å². The molecule has 1 heterocycles. The molecule has 1 unspecified atom stereocenters. The predicted octanol–water partition coefficient (Wildman–Crippen LogP) is 4.11. The van der Waals surface area contributed by atoms with Crippen molar-refractivity contribution in [1.82, 2.24) is 5.32 Å². The van der Waals surface area contributed by atoms with E-state index < -0.39 is 0 Å². The van der Waals surface area contributed by atoms with Gasteiger partial charge in [-0.1, -0.05) is 35.9 Å². The summed E-state index contributed by atoms with van der Waals surface area (Å²) in [7, 11) is 2.03. The summed E-state index contributed by atoms with van der Waals surface area (Å²) in [5.41, 5.74) is 2.68. The number of hydrogen-bond donors (Lipinski definition) is 1. The molecule has 90 valence electrons. The van der Waals surface area contributed by atoms with Crippen LogP contribution in [0.5, 0.6) is 0 Å². The highest BCUT2D eigenvalue weighted by atomic mass is 32.2. The minimum absolute atomic E-state index is 0.419. The number of rotatable bonds is 5. The Kier molecular flexibility index (Phi) is 4.66. The Morgan fingerprint density at radius 2 is 2.00 bits per heavy atom. The standard InChI is InChI=1S/C14H17NS2/c1-11-5-7-12(8-6-11)13(15-2)10-17-14-4-3-9-16-14/h3-9,13,15H,10H2,1-2H3. The van der Waals surface area contributed by atoms with Crippen molar-refractivity contribution in [2.45, 2.75) is 17.2 Å². The number of thioether (sulfide) groups is 1. The van der Waals surface area contributed by atoms with Crippen molar-refractivity contribution in [3.05, 3.63) is 52.9 Å². The highest BCUT2D eigenvalue weighted by molar-refractivity contribution is 8.01. The van der Waals surface area contributed by atoms with Gasteiger partial charge in [0, 0.05) is 11.8 Å². The van der Waals surface area contributed by atoms with Crippen LogP contribution >= 0.6 is 23.1 Å². The van der Waals surface area contributed by atoms with Gasteiger partial charge < -0.3 is 5.32 Å². The molecule has 2 rings (SSSR count). The fraction of sp³-hybridized carbons (Fsp3) is 0.286. The molecular weight excluding hydrogens is 246 g/mol. The number of hydrogen-bond acceptors (Lipinski definition) is 3. The van der Waals surface area contributed by atoms with Gasteiger partial charge in [-0.2, -0.15) is 0 Å². The summed E-state index contributed by atoms with van der Waals surface area (Å²) in [5, 5.41) is 5.51. The van der Waals surface area contributed by atoms with Crippen molar-refractivity contribution >= 4 is 23.1 Å². The maximum absolute atomic E-state index is 3.38. The van der Waals surface area contributed by atoms with Gasteiger partial charge in [0.2, 0.25) is 0 Å². The van der Waals surface area contributed by atoms with Gasteiger partial charge in [-0.3, -0.25) is 0 Å². The van der Waals surface area contributed by atoms with E-state index >= 15 is 0 Å². The molecular formula is C14H17NS2. The summed E-state index contributed by atoms with van der Waals surface area (Å²) in [6.07, 6.45) is 0. The van der Waals surface area contributed by atoms with Crippen molar-refractivity contribution in [2.75, 3.05) is 12.8 Å². The van der Waals surface area contributed by atoms with Crippen molar-refractivity contribution in [3.8, 4) is 0 Å². The predicted molar refractivity (Wildman–Crippen MR) is 78.0 cm³/mol. The van der Waals surface area contributed by atoms with Crippen LogP contribution in [0.25, 0.3) is 0 Å². The Morgan fingerprint density at radius 3 is 2.59 bits per heavy atom. The smallest absolute Gasteiger partial charge is 0.0599 e. The summed E-state index contributed by atoms with van der Waals surface area (Å²) in [5.74, 6) is 1.07. The van der Waals surface area contributed by atoms with Gasteiger partial charge in [-0.25, -0.2) is 0 Å². The first kappa shape index (κ1) is 12.7. The number of nitrogens with one attached hydrogen (secondary N) is 1. The van der Waals surface area contributed by atoms with Crippen LogP contribution in [0.4, 0.5) is 0 Å². The summed E-state index contributed by atoms with van der Waals surface area (Å²) in [6.45, 7) is 2.12. The molecule has 0 amide bonds. The average molecular weight is 263 g/mol. The number of benzene rings is 1. The van der Waals surface area contributed by atoms with Gasteiger partial charge in [-0.15, -0.1) is 23.1 Å². The summed E-state index contributed by atoms with van der Waals surface area (Å²) in [6, 6.07) is 13.5. The van der Waals surface area contributed by atoms with Crippen molar-refractivity contribution in [3.63, 3.8) is 0 Å². The Balaban J connectivity index is 1.99. The van der Waals surface area contributed by atoms with Crippen LogP contribution in [0.1, 0.15) is 17.2 Å². The van der Waals surface area contributed by atoms with Crippen LogP contribution in [-0.4, -0.2) is 12.8 Å². The first-order valence-corrected chi connectivity index (χ1v) is 7.56. The van der Waals surface area contributed by atoms with E-state index in [2.05, 4.69) is 54.0 Å². The lowest BCUT2D eigenvalue weighted by molar-refractivity contribution is 0.662. The van der Waals surface area contributed by atoms with E-state index in [9.17, 15) is 0 Å². The normalized spacial score (nSPS) is 12.6. The molecule has 0 bridgehead atoms. The number of thiophene rings is 1. The van der Waals surface area contributed by atoms with E-state index in [1.165, 1.54) is 15.3 Å². The SMILES string of the molecule is CNC(CSc1cccs1)c1ccc(C)cc1. The van der Waals surface area contributed by atoms with Crippen LogP contribution in [0.3, 0.4) is 0 Å². The highest BCUT2D eigenvalue weighted by Crippen LogP contribution is 2.28. The largest absolute Gasteiger partial charge is 0.312 e. The molecule has 1 N–H and O–H groups in total. The van der Waals surface area contributed by atoms with E-state index in [0.29, 0.717) is 6.04 Å². The third kappa shape index (κ3) is 3.60. The average Bonchev–Trinajstić information content (AvgIpc) is 2.85. The van der Waals surface area contributed by atoms with Crippen molar-refractivity contribution in [2.24, 2.45) is 0 Å². The molecule has 1 aromatic carbocycles. The maximum Gasteiger partial charge on any atom is 0.0599 e. The highest BCUT2D eigenvalue weighted by Gasteiger charge is 2.09. The molecule has 0 aliphatic rings. The zero-order chi connectivity index (χ0) is 12.1. The van der Waals surface area contributed by atoms with Gasteiger partial charge >= 0.3 is 0 Å². The monoisotopic (exact) mass is 263 g/mol. The molecule has 0 spiro atoms. The third-order valence-corrected chi connectivity index (χ3v) is 4.94. The lowest BCUT2D eigenvalue weighted by atomic mass is 10.1. The minimum Gasteiger partial charge on any atom is -0.312 e. The van der Waals surface area contributed by atoms with E-state index in [-0.39, 0.29) is 0 Å². The third-order valence-electron chi connectivity index (χ3n) is 2.72. The molecule has 1 aromatic heterocycles. The topological polar surface area (TPSA) is 12.0 Å². The van der Waals surface area contributed by atoms with Crippen LogP contribution in [0, 0.1) is 6.92 Å². The van der Waals surface area contributed by atoms with Crippen LogP contribution in [0.15, 0.2) is 46.0 Å². The van der Waals surface area contributed by atoms with Crippen LogP contribution < -0.4 is 5.32 Å². The zero-order valence-electron chi connectivity index (χ0n) is 10.1. The number of aryl methyl sites for hydroxylation is 1. The Hall–Kier alpha value is -0.770. The first-order valence-electron chi connectivity index (χ1n) is 5.69. The van der Waals surface area contributed by atoms with E-state index in [1.807, 2.05) is 30.1 Å². The Morgan fingerprint density at radius 1 is 1.24 bits per heavy atom. The molecule has 0 saturated heterocycles. The molecule has 1 nitrogen and oxygen atoms in total. The second-order valence-electron chi connectivity index (χ2n) is 4.00. The van der Waals surface area contributed by atoms with Crippen LogP contribution in [0.2, 0.25) is 0 Å². The summed E-state index contributed by atoms with van der Waals surface area (Å²) >= 11 is 3.72. The zero-order valence-corrected chi connectivity index (χ0v) is 11.8. The molecule has 1 atom stereocenters. The molecule has 17 heavy (non-hydrogen) atoms. The Bertz CT molecular complexity index is 434. The van der Waals surface area contributed by atoms with Gasteiger partial charge in [0.1, 0.15) is 0 Å². The fourth-order valence-electron chi connectivity index (χ4n) is 1.66. The summed E-state index contributed by atoms with van der Waals surface area (Å²) in [4.78, 5) is 0. The van der Waals surface area contributed by atoms with E-state index in [4.69, 9.17) is 0 Å². The molecule has 3 heteroatoms. The summed E-state index contributed by atoms with van der Waals surface area (Å²) < 4.78 is 1.39. The van der Waals surface area contributed by atoms with Crippen LogP contribution in [-0.2, 0) is 0 Å². The van der Waals surface area contributed by atoms with Crippen molar-refractivity contribution < 1.29 is 0 Å². The second-order valence-corrected chi connectivity index (χ2v) is 6.26. The van der Waals surface area contributed by atoms with Gasteiger partial charge in [0.15, 0.2) is 0 Å². The minimum atomic E-state index is 0.419. The fourth-order valence-corrected chi connectivity index (χ4v) is 3.61. The van der Waals surface area contributed by atoms with Crippen molar-refractivity contribution in [1.29, 1.82) is 0 Å². The quantitative estimate of drug-likeness (QED) is 0.815. The molecule has 0 radical (unpaired) electrons. The molecule has 2 aromatic rings. The lowest BCUT2D eigenvalue weighted by Crippen LogP contribution is -2.18. The molecule has 0 saturated carbocycles. The van der Waals surface area contributed by atoms with Gasteiger partial charge in [-0.05, 0) is 31.0 Å². The molecule has 0 aliphatic heterocycles. The van der Waals surface area contributed by atoms with E-state index in [1.54, 1.807) is 0 Å².